The summed E-state index contributed by atoms with van der Waals surface area (Å²) < 4.78 is 0. The first-order valence-electron chi connectivity index (χ1n) is 14.4. The second-order valence-corrected chi connectivity index (χ2v) is 11.7. The molecule has 1 aromatic carbocycles. The van der Waals surface area contributed by atoms with Crippen LogP contribution in [0.2, 0.25) is 0 Å². The number of aliphatic hydroxyl groups excluding tert-OH is 1. The van der Waals surface area contributed by atoms with Gasteiger partial charge in [0, 0.05) is 18.7 Å². The van der Waals surface area contributed by atoms with Crippen LogP contribution in [0.3, 0.4) is 0 Å². The Bertz CT molecular complexity index is 976. The van der Waals surface area contributed by atoms with Gasteiger partial charge in [0.05, 0.1) is 24.7 Å². The molecule has 8 heteroatoms. The van der Waals surface area contributed by atoms with Crippen molar-refractivity contribution >= 4 is 17.7 Å². The lowest BCUT2D eigenvalue weighted by molar-refractivity contribution is -0.140. The number of rotatable bonds is 12. The molecule has 1 fully saturated rings. The van der Waals surface area contributed by atoms with Gasteiger partial charge in [0.2, 0.25) is 17.7 Å². The highest BCUT2D eigenvalue weighted by Gasteiger charge is 2.36. The van der Waals surface area contributed by atoms with Crippen LogP contribution in [0.25, 0.3) is 0 Å². The third-order valence-corrected chi connectivity index (χ3v) is 7.69. The van der Waals surface area contributed by atoms with Crippen LogP contribution in [0.15, 0.2) is 42.0 Å². The number of aliphatic hydroxyl groups is 1. The maximum absolute atomic E-state index is 13.8. The van der Waals surface area contributed by atoms with Gasteiger partial charge in [-0.3, -0.25) is 19.3 Å². The molecule has 1 heterocycles. The predicted octanol–water partition coefficient (Wildman–Crippen LogP) is 3.67. The van der Waals surface area contributed by atoms with Gasteiger partial charge in [-0.15, -0.1) is 0 Å². The topological polar surface area (TPSA) is 102 Å². The molecule has 0 spiro atoms. The lowest BCUT2D eigenvalue weighted by atomic mass is 9.95. The minimum Gasteiger partial charge on any atom is -0.394 e. The highest BCUT2D eigenvalue weighted by molar-refractivity contribution is 5.93. The molecule has 0 aliphatic carbocycles. The van der Waals surface area contributed by atoms with E-state index in [9.17, 15) is 19.5 Å². The van der Waals surface area contributed by atoms with E-state index < -0.39 is 12.1 Å². The Morgan fingerprint density at radius 3 is 2.21 bits per heavy atom. The predicted molar refractivity (Wildman–Crippen MR) is 156 cm³/mol. The third kappa shape index (κ3) is 8.90. The molecule has 0 bridgehead atoms. The van der Waals surface area contributed by atoms with Gasteiger partial charge in [-0.05, 0) is 57.6 Å². The van der Waals surface area contributed by atoms with Crippen LogP contribution < -0.4 is 10.6 Å². The molecule has 3 amide bonds. The summed E-state index contributed by atoms with van der Waals surface area (Å²) in [6.45, 7) is 14.5. The van der Waals surface area contributed by atoms with Gasteiger partial charge in [0.1, 0.15) is 6.04 Å². The Kier molecular flexibility index (Phi) is 12.6. The maximum atomic E-state index is 13.8. The van der Waals surface area contributed by atoms with E-state index in [0.29, 0.717) is 5.57 Å². The minimum absolute atomic E-state index is 0.0303. The summed E-state index contributed by atoms with van der Waals surface area (Å²) >= 11 is 0. The SMILES string of the molecule is C/C(=C\[C@H](C(C)C)N(C)C(=O)[C@@H](NC(=O)C1CCCCN1C(C)C)C(C)C)C(=O)N[C@@H](CO)c1ccccc1. The van der Waals surface area contributed by atoms with Crippen molar-refractivity contribution in [3.63, 3.8) is 0 Å². The third-order valence-electron chi connectivity index (χ3n) is 7.69. The number of hydrogen-bond donors (Lipinski definition) is 3. The molecule has 1 aliphatic heterocycles. The van der Waals surface area contributed by atoms with Gasteiger partial charge in [0.15, 0.2) is 0 Å². The van der Waals surface area contributed by atoms with E-state index in [1.165, 1.54) is 0 Å². The number of nitrogens with zero attached hydrogens (tertiary/aromatic N) is 2. The first kappa shape index (κ1) is 32.5. The van der Waals surface area contributed by atoms with E-state index in [1.807, 2.05) is 58.0 Å². The van der Waals surface area contributed by atoms with Crippen molar-refractivity contribution in [2.75, 3.05) is 20.2 Å². The molecule has 1 aliphatic rings. The monoisotopic (exact) mass is 542 g/mol. The number of likely N-dealkylation sites (N-methyl/N-ethyl adjacent to an activating group) is 1. The van der Waals surface area contributed by atoms with Gasteiger partial charge in [-0.25, -0.2) is 0 Å². The van der Waals surface area contributed by atoms with E-state index in [0.717, 1.165) is 31.4 Å². The quantitative estimate of drug-likeness (QED) is 0.350. The van der Waals surface area contributed by atoms with Crippen molar-refractivity contribution in [2.45, 2.75) is 97.9 Å². The van der Waals surface area contributed by atoms with E-state index in [4.69, 9.17) is 0 Å². The number of hydrogen-bond acceptors (Lipinski definition) is 5. The van der Waals surface area contributed by atoms with Gasteiger partial charge < -0.3 is 20.6 Å². The normalized spacial score (nSPS) is 19.1. The van der Waals surface area contributed by atoms with Gasteiger partial charge >= 0.3 is 0 Å². The van der Waals surface area contributed by atoms with Gasteiger partial charge in [-0.2, -0.15) is 0 Å². The summed E-state index contributed by atoms with van der Waals surface area (Å²) in [5, 5.41) is 15.8. The van der Waals surface area contributed by atoms with Crippen molar-refractivity contribution in [3.8, 4) is 0 Å². The Morgan fingerprint density at radius 2 is 1.67 bits per heavy atom. The summed E-state index contributed by atoms with van der Waals surface area (Å²) in [6.07, 6.45) is 4.68. The van der Waals surface area contributed by atoms with Crippen molar-refractivity contribution in [1.82, 2.24) is 20.4 Å². The maximum Gasteiger partial charge on any atom is 0.247 e. The minimum atomic E-state index is -0.668. The zero-order valence-corrected chi connectivity index (χ0v) is 25.1. The molecule has 0 aromatic heterocycles. The average molecular weight is 543 g/mol. The second-order valence-electron chi connectivity index (χ2n) is 11.7. The van der Waals surface area contributed by atoms with Crippen LogP contribution in [0, 0.1) is 11.8 Å². The average Bonchev–Trinajstić information content (AvgIpc) is 2.92. The molecule has 3 N–H and O–H groups in total. The molecule has 0 radical (unpaired) electrons. The first-order valence-corrected chi connectivity index (χ1v) is 14.4. The van der Waals surface area contributed by atoms with E-state index in [2.05, 4.69) is 29.4 Å². The molecule has 4 atom stereocenters. The highest BCUT2D eigenvalue weighted by Crippen LogP contribution is 2.22. The lowest BCUT2D eigenvalue weighted by Gasteiger charge is -2.39. The fourth-order valence-electron chi connectivity index (χ4n) is 5.26. The molecular weight excluding hydrogens is 492 g/mol. The zero-order chi connectivity index (χ0) is 29.3. The number of piperidine rings is 1. The Labute approximate surface area is 235 Å². The molecule has 1 saturated heterocycles. The van der Waals surface area contributed by atoms with E-state index in [-0.39, 0.29) is 54.3 Å². The number of benzene rings is 1. The van der Waals surface area contributed by atoms with Gasteiger partial charge in [-0.1, -0.05) is 70.5 Å². The summed E-state index contributed by atoms with van der Waals surface area (Å²) in [7, 11) is 1.73. The smallest absolute Gasteiger partial charge is 0.247 e. The fourth-order valence-corrected chi connectivity index (χ4v) is 5.26. The molecule has 2 rings (SSSR count). The van der Waals surface area contributed by atoms with Crippen LogP contribution in [-0.4, -0.2) is 77.0 Å². The van der Waals surface area contributed by atoms with Crippen LogP contribution in [0.1, 0.15) is 79.3 Å². The Hall–Kier alpha value is -2.71. The van der Waals surface area contributed by atoms with E-state index >= 15 is 0 Å². The molecule has 0 saturated carbocycles. The lowest BCUT2D eigenvalue weighted by Crippen LogP contribution is -2.58. The second kappa shape index (κ2) is 15.2. The van der Waals surface area contributed by atoms with Crippen molar-refractivity contribution < 1.29 is 19.5 Å². The van der Waals surface area contributed by atoms with Crippen molar-refractivity contribution in [2.24, 2.45) is 11.8 Å². The molecule has 39 heavy (non-hydrogen) atoms. The summed E-state index contributed by atoms with van der Waals surface area (Å²) in [6, 6.07) is 7.81. The standard InChI is InChI=1S/C31H50N4O4/c1-20(2)27(18-23(7)29(37)32-25(19-36)24-14-10-9-11-15-24)34(8)31(39)28(21(3)4)33-30(38)26-16-12-13-17-35(26)22(5)6/h9-11,14-15,18,20-22,25-28,36H,12-13,16-17,19H2,1-8H3,(H,32,37)(H,33,38)/b23-18+/t25-,26?,27+,28-/m0/s1. The van der Waals surface area contributed by atoms with E-state index in [1.54, 1.807) is 24.9 Å². The Morgan fingerprint density at radius 1 is 1.03 bits per heavy atom. The summed E-state index contributed by atoms with van der Waals surface area (Å²) in [5.41, 5.74) is 1.28. The fraction of sp³-hybridized carbons (Fsp3) is 0.645. The molecule has 218 valence electrons. The number of amides is 3. The van der Waals surface area contributed by atoms with Crippen molar-refractivity contribution in [1.29, 1.82) is 0 Å². The number of carbonyl (C=O) groups excluding carboxylic acids is 3. The zero-order valence-electron chi connectivity index (χ0n) is 25.1. The van der Waals surface area contributed by atoms with Crippen molar-refractivity contribution in [3.05, 3.63) is 47.5 Å². The highest BCUT2D eigenvalue weighted by atomic mass is 16.3. The Balaban J connectivity index is 2.18. The first-order chi connectivity index (χ1) is 18.4. The number of nitrogens with one attached hydrogen (secondary N) is 2. The summed E-state index contributed by atoms with van der Waals surface area (Å²) in [4.78, 5) is 44.0. The number of likely N-dealkylation sites (tertiary alicyclic amines) is 1. The molecule has 1 unspecified atom stereocenters. The molecular formula is C31H50N4O4. The van der Waals surface area contributed by atoms with Crippen LogP contribution in [0.4, 0.5) is 0 Å². The number of carbonyl (C=O) groups is 3. The van der Waals surface area contributed by atoms with Crippen LogP contribution in [0.5, 0.6) is 0 Å². The van der Waals surface area contributed by atoms with Crippen LogP contribution in [-0.2, 0) is 14.4 Å². The molecule has 8 nitrogen and oxygen atoms in total. The van der Waals surface area contributed by atoms with Gasteiger partial charge in [0.25, 0.3) is 0 Å². The largest absolute Gasteiger partial charge is 0.394 e. The summed E-state index contributed by atoms with van der Waals surface area (Å²) in [5.74, 6) is -0.637. The van der Waals surface area contributed by atoms with Crippen LogP contribution >= 0.6 is 0 Å². The molecule has 1 aromatic rings.